The molecule has 0 spiro atoms. The maximum Gasteiger partial charge on any atom is 0.119 e. The molecule has 0 aromatic heterocycles. The van der Waals surface area contributed by atoms with Gasteiger partial charge in [-0.2, -0.15) is 0 Å². The van der Waals surface area contributed by atoms with Crippen LogP contribution in [0.4, 0.5) is 0 Å². The van der Waals surface area contributed by atoms with Crippen molar-refractivity contribution in [3.8, 4) is 5.75 Å². The van der Waals surface area contributed by atoms with Crippen LogP contribution in [0.3, 0.4) is 0 Å². The van der Waals surface area contributed by atoms with Crippen molar-refractivity contribution >= 4 is 0 Å². The molecule has 5 rings (SSSR count). The Kier molecular flexibility index (Phi) is 2.85. The van der Waals surface area contributed by atoms with E-state index in [1.54, 1.807) is 7.11 Å². The highest BCUT2D eigenvalue weighted by Crippen LogP contribution is 2.61. The highest BCUT2D eigenvalue weighted by molar-refractivity contribution is 5.42. The van der Waals surface area contributed by atoms with Gasteiger partial charge in [-0.15, -0.1) is 0 Å². The Balaban J connectivity index is 1.79. The molecule has 108 valence electrons. The van der Waals surface area contributed by atoms with Gasteiger partial charge < -0.3 is 10.5 Å². The average molecular weight is 271 g/mol. The summed E-state index contributed by atoms with van der Waals surface area (Å²) in [6.07, 6.45) is 8.63. The van der Waals surface area contributed by atoms with Crippen LogP contribution in [0.5, 0.6) is 5.75 Å². The quantitative estimate of drug-likeness (QED) is 0.911. The number of rotatable bonds is 3. The highest BCUT2D eigenvalue weighted by Gasteiger charge is 2.52. The van der Waals surface area contributed by atoms with Gasteiger partial charge in [0.1, 0.15) is 5.75 Å². The number of hydrogen-bond acceptors (Lipinski definition) is 2. The predicted molar refractivity (Wildman–Crippen MR) is 80.7 cm³/mol. The van der Waals surface area contributed by atoms with Gasteiger partial charge in [-0.1, -0.05) is 6.07 Å². The van der Waals surface area contributed by atoms with Crippen molar-refractivity contribution in [1.82, 2.24) is 0 Å². The van der Waals surface area contributed by atoms with Gasteiger partial charge in [0.2, 0.25) is 0 Å². The van der Waals surface area contributed by atoms with Crippen LogP contribution in [0.15, 0.2) is 18.2 Å². The highest BCUT2D eigenvalue weighted by atomic mass is 16.5. The molecular formula is C18H25NO. The van der Waals surface area contributed by atoms with E-state index in [1.807, 2.05) is 0 Å². The molecule has 4 aliphatic carbocycles. The van der Waals surface area contributed by atoms with E-state index >= 15 is 0 Å². The van der Waals surface area contributed by atoms with Gasteiger partial charge in [-0.3, -0.25) is 0 Å². The van der Waals surface area contributed by atoms with Crippen LogP contribution in [0.25, 0.3) is 0 Å². The molecule has 2 N–H and O–H groups in total. The number of nitrogens with two attached hydrogens (primary N) is 1. The maximum atomic E-state index is 6.02. The van der Waals surface area contributed by atoms with E-state index < -0.39 is 0 Å². The monoisotopic (exact) mass is 271 g/mol. The number of methoxy groups -OCH3 is 1. The van der Waals surface area contributed by atoms with Crippen LogP contribution in [-0.2, 0) is 12.0 Å². The number of hydrogen-bond donors (Lipinski definition) is 1. The molecule has 2 nitrogen and oxygen atoms in total. The standard InChI is InChI=1S/C18H25NO/c1-20-16-3-2-15(11-19)17(7-16)18-8-12-4-13(9-18)6-14(5-12)10-18/h2-3,7,12-14H,4-6,8-11,19H2,1H3. The summed E-state index contributed by atoms with van der Waals surface area (Å²) in [7, 11) is 1.76. The van der Waals surface area contributed by atoms with Crippen molar-refractivity contribution in [3.05, 3.63) is 29.3 Å². The normalized spacial score (nSPS) is 38.2. The number of benzene rings is 1. The van der Waals surface area contributed by atoms with Crippen LogP contribution >= 0.6 is 0 Å². The van der Waals surface area contributed by atoms with Crippen molar-refractivity contribution in [2.75, 3.05) is 7.11 Å². The molecule has 0 amide bonds. The van der Waals surface area contributed by atoms with Crippen molar-refractivity contribution in [3.63, 3.8) is 0 Å². The molecule has 2 heteroatoms. The summed E-state index contributed by atoms with van der Waals surface area (Å²) in [4.78, 5) is 0. The minimum absolute atomic E-state index is 0.415. The Morgan fingerprint density at radius 1 is 1.10 bits per heavy atom. The minimum Gasteiger partial charge on any atom is -0.497 e. The van der Waals surface area contributed by atoms with Gasteiger partial charge in [0.05, 0.1) is 7.11 Å². The lowest BCUT2D eigenvalue weighted by Crippen LogP contribution is -2.49. The molecule has 0 heterocycles. The first-order chi connectivity index (χ1) is 9.72. The van der Waals surface area contributed by atoms with Crippen LogP contribution < -0.4 is 10.5 Å². The minimum atomic E-state index is 0.415. The summed E-state index contributed by atoms with van der Waals surface area (Å²) in [6.45, 7) is 0.654. The second-order valence-electron chi connectivity index (χ2n) is 7.43. The van der Waals surface area contributed by atoms with Gasteiger partial charge in [-0.25, -0.2) is 0 Å². The smallest absolute Gasteiger partial charge is 0.119 e. The van der Waals surface area contributed by atoms with Crippen LogP contribution in [0.2, 0.25) is 0 Å². The second-order valence-corrected chi connectivity index (χ2v) is 7.43. The molecule has 0 saturated heterocycles. The fraction of sp³-hybridized carbons (Fsp3) is 0.667. The van der Waals surface area contributed by atoms with Crippen LogP contribution in [0.1, 0.15) is 49.7 Å². The van der Waals surface area contributed by atoms with Crippen molar-refractivity contribution in [2.45, 2.75) is 50.5 Å². The lowest BCUT2D eigenvalue weighted by atomic mass is 9.47. The molecule has 1 aromatic rings. The van der Waals surface area contributed by atoms with E-state index in [9.17, 15) is 0 Å². The Bertz CT molecular complexity index is 487. The summed E-state index contributed by atoms with van der Waals surface area (Å²) >= 11 is 0. The zero-order valence-electron chi connectivity index (χ0n) is 12.4. The molecule has 4 aliphatic rings. The van der Waals surface area contributed by atoms with E-state index in [0.717, 1.165) is 23.5 Å². The summed E-state index contributed by atoms with van der Waals surface area (Å²) in [5, 5.41) is 0. The third-order valence-electron chi connectivity index (χ3n) is 6.15. The molecule has 4 fully saturated rings. The summed E-state index contributed by atoms with van der Waals surface area (Å²) in [6, 6.07) is 6.54. The van der Waals surface area contributed by atoms with E-state index in [2.05, 4.69) is 18.2 Å². The molecule has 4 bridgehead atoms. The zero-order valence-corrected chi connectivity index (χ0v) is 12.4. The van der Waals surface area contributed by atoms with Gasteiger partial charge >= 0.3 is 0 Å². The molecule has 4 saturated carbocycles. The molecule has 1 aromatic carbocycles. The van der Waals surface area contributed by atoms with Crippen molar-refractivity contribution < 1.29 is 4.74 Å². The first kappa shape index (κ1) is 12.7. The summed E-state index contributed by atoms with van der Waals surface area (Å²) in [5.74, 6) is 3.90. The Morgan fingerprint density at radius 3 is 2.20 bits per heavy atom. The van der Waals surface area contributed by atoms with Gasteiger partial charge in [0.25, 0.3) is 0 Å². The van der Waals surface area contributed by atoms with Gasteiger partial charge in [0, 0.05) is 6.54 Å². The van der Waals surface area contributed by atoms with Crippen LogP contribution in [-0.4, -0.2) is 7.11 Å². The maximum absolute atomic E-state index is 6.02. The molecule has 0 unspecified atom stereocenters. The molecule has 0 radical (unpaired) electrons. The largest absolute Gasteiger partial charge is 0.497 e. The molecular weight excluding hydrogens is 246 g/mol. The zero-order chi connectivity index (χ0) is 13.7. The van der Waals surface area contributed by atoms with Gasteiger partial charge in [0.15, 0.2) is 0 Å². The average Bonchev–Trinajstić information content (AvgIpc) is 2.45. The lowest BCUT2D eigenvalue weighted by Gasteiger charge is -2.57. The number of ether oxygens (including phenoxy) is 1. The first-order valence-corrected chi connectivity index (χ1v) is 8.10. The predicted octanol–water partition coefficient (Wildman–Crippen LogP) is 3.62. The Hall–Kier alpha value is -1.02. The first-order valence-electron chi connectivity index (χ1n) is 8.10. The second kappa shape index (κ2) is 4.49. The summed E-state index contributed by atoms with van der Waals surface area (Å²) in [5.41, 5.74) is 9.29. The fourth-order valence-electron chi connectivity index (χ4n) is 5.79. The fourth-order valence-corrected chi connectivity index (χ4v) is 5.79. The SMILES string of the molecule is COc1ccc(CN)c(C23CC4CC(CC(C4)C2)C3)c1. The molecule has 0 atom stereocenters. The summed E-state index contributed by atoms with van der Waals surface area (Å²) < 4.78 is 5.48. The van der Waals surface area contributed by atoms with E-state index in [1.165, 1.54) is 49.7 Å². The third kappa shape index (κ3) is 1.81. The van der Waals surface area contributed by atoms with Crippen LogP contribution in [0, 0.1) is 17.8 Å². The van der Waals surface area contributed by atoms with Gasteiger partial charge in [-0.05, 0) is 85.0 Å². The van der Waals surface area contributed by atoms with E-state index in [-0.39, 0.29) is 0 Å². The molecule has 0 aliphatic heterocycles. The van der Waals surface area contributed by atoms with E-state index in [0.29, 0.717) is 12.0 Å². The van der Waals surface area contributed by atoms with Crippen molar-refractivity contribution in [1.29, 1.82) is 0 Å². The van der Waals surface area contributed by atoms with E-state index in [4.69, 9.17) is 10.5 Å². The Labute approximate surface area is 121 Å². The topological polar surface area (TPSA) is 35.2 Å². The lowest BCUT2D eigenvalue weighted by molar-refractivity contribution is -0.00565. The Morgan fingerprint density at radius 2 is 1.70 bits per heavy atom. The molecule has 20 heavy (non-hydrogen) atoms. The third-order valence-corrected chi connectivity index (χ3v) is 6.15. The van der Waals surface area contributed by atoms with Crippen molar-refractivity contribution in [2.24, 2.45) is 23.5 Å².